The summed E-state index contributed by atoms with van der Waals surface area (Å²) in [6.45, 7) is 0.991. The molecule has 1 aromatic carbocycles. The van der Waals surface area contributed by atoms with Crippen molar-refractivity contribution >= 4 is 23.4 Å². The van der Waals surface area contributed by atoms with Crippen molar-refractivity contribution in [2.75, 3.05) is 18.7 Å². The third-order valence-corrected chi connectivity index (χ3v) is 2.64. The number of nitrogens with one attached hydrogen (secondary N) is 1. The summed E-state index contributed by atoms with van der Waals surface area (Å²) in [5, 5.41) is 4.18. The third kappa shape index (κ3) is 4.03. The highest BCUT2D eigenvalue weighted by molar-refractivity contribution is 7.98. The van der Waals surface area contributed by atoms with Gasteiger partial charge in [-0.2, -0.15) is 0 Å². The number of hydrogen-bond acceptors (Lipinski definition) is 2. The van der Waals surface area contributed by atoms with E-state index < -0.39 is 0 Å². The predicted molar refractivity (Wildman–Crippen MR) is 61.5 cm³/mol. The van der Waals surface area contributed by atoms with Crippen molar-refractivity contribution in [2.24, 2.45) is 0 Å². The van der Waals surface area contributed by atoms with Crippen LogP contribution in [0.15, 0.2) is 24.3 Å². The van der Waals surface area contributed by atoms with Gasteiger partial charge in [0.25, 0.3) is 0 Å². The summed E-state index contributed by atoms with van der Waals surface area (Å²) in [6.07, 6.45) is 3.09. The molecule has 0 bridgehead atoms. The number of thioether (sulfide) groups is 1. The SMILES string of the molecule is CSCNCCc1ccccc1Cl. The van der Waals surface area contributed by atoms with E-state index in [9.17, 15) is 0 Å². The summed E-state index contributed by atoms with van der Waals surface area (Å²) in [7, 11) is 0. The van der Waals surface area contributed by atoms with Gasteiger partial charge in [-0.15, -0.1) is 11.8 Å². The monoisotopic (exact) mass is 215 g/mol. The molecule has 0 heterocycles. The van der Waals surface area contributed by atoms with Gasteiger partial charge in [-0.1, -0.05) is 29.8 Å². The molecule has 1 N–H and O–H groups in total. The maximum Gasteiger partial charge on any atom is 0.0438 e. The molecule has 0 amide bonds. The van der Waals surface area contributed by atoms with Gasteiger partial charge in [0.15, 0.2) is 0 Å². The van der Waals surface area contributed by atoms with Crippen LogP contribution >= 0.6 is 23.4 Å². The quantitative estimate of drug-likeness (QED) is 0.599. The molecule has 72 valence electrons. The summed E-state index contributed by atoms with van der Waals surface area (Å²) in [4.78, 5) is 0. The molecule has 0 spiro atoms. The maximum atomic E-state index is 6.00. The fraction of sp³-hybridized carbons (Fsp3) is 0.400. The van der Waals surface area contributed by atoms with Crippen LogP contribution in [-0.4, -0.2) is 18.7 Å². The van der Waals surface area contributed by atoms with E-state index in [-0.39, 0.29) is 0 Å². The van der Waals surface area contributed by atoms with Gasteiger partial charge >= 0.3 is 0 Å². The highest BCUT2D eigenvalue weighted by Crippen LogP contribution is 2.14. The van der Waals surface area contributed by atoms with Crippen LogP contribution in [0.5, 0.6) is 0 Å². The number of rotatable bonds is 5. The Morgan fingerprint density at radius 3 is 2.85 bits per heavy atom. The molecule has 0 fully saturated rings. The van der Waals surface area contributed by atoms with E-state index in [4.69, 9.17) is 11.6 Å². The van der Waals surface area contributed by atoms with Crippen LogP contribution in [0.3, 0.4) is 0 Å². The Morgan fingerprint density at radius 2 is 2.15 bits per heavy atom. The average Bonchev–Trinajstić information content (AvgIpc) is 2.15. The Morgan fingerprint density at radius 1 is 1.38 bits per heavy atom. The van der Waals surface area contributed by atoms with Gasteiger partial charge in [0, 0.05) is 10.9 Å². The fourth-order valence-electron chi connectivity index (χ4n) is 1.10. The summed E-state index contributed by atoms with van der Waals surface area (Å²) < 4.78 is 0. The topological polar surface area (TPSA) is 12.0 Å². The molecule has 0 unspecified atom stereocenters. The lowest BCUT2D eigenvalue weighted by Gasteiger charge is -2.04. The molecule has 1 nitrogen and oxygen atoms in total. The number of benzene rings is 1. The first-order valence-corrected chi connectivity index (χ1v) is 6.05. The Balaban J connectivity index is 2.32. The van der Waals surface area contributed by atoms with Crippen LogP contribution in [0, 0.1) is 0 Å². The highest BCUT2D eigenvalue weighted by Gasteiger charge is 1.96. The van der Waals surface area contributed by atoms with Crippen molar-refractivity contribution in [1.82, 2.24) is 5.32 Å². The molecular weight excluding hydrogens is 202 g/mol. The molecule has 0 saturated heterocycles. The zero-order valence-corrected chi connectivity index (χ0v) is 9.29. The minimum atomic E-state index is 0.869. The first kappa shape index (κ1) is 10.9. The first-order valence-electron chi connectivity index (χ1n) is 4.27. The van der Waals surface area contributed by atoms with E-state index in [0.29, 0.717) is 0 Å². The maximum absolute atomic E-state index is 6.00. The van der Waals surface area contributed by atoms with Crippen molar-refractivity contribution in [3.05, 3.63) is 34.9 Å². The van der Waals surface area contributed by atoms with E-state index >= 15 is 0 Å². The molecule has 0 aliphatic heterocycles. The van der Waals surface area contributed by atoms with Crippen LogP contribution in [-0.2, 0) is 6.42 Å². The molecule has 13 heavy (non-hydrogen) atoms. The van der Waals surface area contributed by atoms with E-state index in [1.54, 1.807) is 11.8 Å². The molecule has 0 aromatic heterocycles. The van der Waals surface area contributed by atoms with Gasteiger partial charge in [0.1, 0.15) is 0 Å². The van der Waals surface area contributed by atoms with Crippen LogP contribution in [0.2, 0.25) is 5.02 Å². The molecule has 0 aliphatic rings. The van der Waals surface area contributed by atoms with Crippen molar-refractivity contribution in [3.8, 4) is 0 Å². The highest BCUT2D eigenvalue weighted by atomic mass is 35.5. The lowest BCUT2D eigenvalue weighted by molar-refractivity contribution is 0.775. The van der Waals surface area contributed by atoms with Gasteiger partial charge in [0.2, 0.25) is 0 Å². The van der Waals surface area contributed by atoms with Crippen LogP contribution < -0.4 is 5.32 Å². The molecule has 1 rings (SSSR count). The van der Waals surface area contributed by atoms with Gasteiger partial charge in [-0.05, 0) is 30.9 Å². The summed E-state index contributed by atoms with van der Waals surface area (Å²) in [5.41, 5.74) is 1.22. The fourth-order valence-corrected chi connectivity index (χ4v) is 1.68. The van der Waals surface area contributed by atoms with E-state index in [1.807, 2.05) is 18.2 Å². The minimum absolute atomic E-state index is 0.869. The Hall–Kier alpha value is -0.180. The van der Waals surface area contributed by atoms with Gasteiger partial charge in [0.05, 0.1) is 0 Å². The van der Waals surface area contributed by atoms with Crippen molar-refractivity contribution in [3.63, 3.8) is 0 Å². The Bertz CT molecular complexity index is 252. The number of hydrogen-bond donors (Lipinski definition) is 1. The normalized spacial score (nSPS) is 10.3. The first-order chi connectivity index (χ1) is 6.34. The van der Waals surface area contributed by atoms with Gasteiger partial charge in [-0.25, -0.2) is 0 Å². The lowest BCUT2D eigenvalue weighted by atomic mass is 10.1. The van der Waals surface area contributed by atoms with E-state index in [2.05, 4.69) is 17.6 Å². The van der Waals surface area contributed by atoms with Crippen molar-refractivity contribution in [2.45, 2.75) is 6.42 Å². The largest absolute Gasteiger partial charge is 0.308 e. The summed E-state index contributed by atoms with van der Waals surface area (Å²) >= 11 is 7.80. The minimum Gasteiger partial charge on any atom is -0.308 e. The second-order valence-electron chi connectivity index (χ2n) is 2.77. The molecule has 0 aliphatic carbocycles. The van der Waals surface area contributed by atoms with Gasteiger partial charge < -0.3 is 5.32 Å². The Kier molecular flexibility index (Phi) is 5.28. The van der Waals surface area contributed by atoms with Crippen LogP contribution in [0.25, 0.3) is 0 Å². The van der Waals surface area contributed by atoms with Crippen LogP contribution in [0.4, 0.5) is 0 Å². The molecule has 3 heteroatoms. The standard InChI is InChI=1S/C10H14ClNS/c1-13-8-12-7-6-9-4-2-3-5-10(9)11/h2-5,12H,6-8H2,1H3. The summed E-state index contributed by atoms with van der Waals surface area (Å²) in [5.74, 6) is 1.00. The lowest BCUT2D eigenvalue weighted by Crippen LogP contribution is -2.16. The molecule has 0 radical (unpaired) electrons. The van der Waals surface area contributed by atoms with Gasteiger partial charge in [-0.3, -0.25) is 0 Å². The zero-order valence-electron chi connectivity index (χ0n) is 7.72. The third-order valence-electron chi connectivity index (χ3n) is 1.78. The van der Waals surface area contributed by atoms with Crippen LogP contribution in [0.1, 0.15) is 5.56 Å². The average molecular weight is 216 g/mol. The summed E-state index contributed by atoms with van der Waals surface area (Å²) in [6, 6.07) is 7.99. The second kappa shape index (κ2) is 6.30. The van der Waals surface area contributed by atoms with Crippen molar-refractivity contribution in [1.29, 1.82) is 0 Å². The molecular formula is C10H14ClNS. The van der Waals surface area contributed by atoms with E-state index in [0.717, 1.165) is 23.9 Å². The smallest absolute Gasteiger partial charge is 0.0438 e. The van der Waals surface area contributed by atoms with E-state index in [1.165, 1.54) is 5.56 Å². The second-order valence-corrected chi connectivity index (χ2v) is 4.05. The molecule has 1 aromatic rings. The van der Waals surface area contributed by atoms with Crippen molar-refractivity contribution < 1.29 is 0 Å². The number of halogens is 1. The molecule has 0 atom stereocenters. The molecule has 0 saturated carbocycles. The Labute approximate surface area is 88.9 Å². The predicted octanol–water partition coefficient (Wildman–Crippen LogP) is 2.79. The zero-order chi connectivity index (χ0) is 9.52.